The molecule has 26 heavy (non-hydrogen) atoms. The molecule has 0 spiro atoms. The number of thiophene rings is 1. The van der Waals surface area contributed by atoms with Crippen LogP contribution in [-0.4, -0.2) is 50.2 Å². The first-order chi connectivity index (χ1) is 12.6. The first kappa shape index (κ1) is 19.4. The van der Waals surface area contributed by atoms with E-state index in [1.165, 1.54) is 16.2 Å². The smallest absolute Gasteiger partial charge is 0.244 e. The van der Waals surface area contributed by atoms with Crippen molar-refractivity contribution in [3.8, 4) is 0 Å². The molecule has 2 aromatic heterocycles. The van der Waals surface area contributed by atoms with E-state index in [-0.39, 0.29) is 5.78 Å². The summed E-state index contributed by atoms with van der Waals surface area (Å²) in [6.45, 7) is 5.07. The molecule has 0 aromatic carbocycles. The maximum atomic E-state index is 13.0. The van der Waals surface area contributed by atoms with Gasteiger partial charge in [0.05, 0.1) is 35.5 Å². The molecule has 1 aliphatic heterocycles. The van der Waals surface area contributed by atoms with Gasteiger partial charge in [0.25, 0.3) is 0 Å². The topological polar surface area (TPSA) is 47.0 Å². The molecule has 3 rings (SSSR count). The zero-order valence-corrected chi connectivity index (χ0v) is 16.7. The lowest BCUT2D eigenvalue weighted by molar-refractivity contribution is -0.906. The van der Waals surface area contributed by atoms with Crippen molar-refractivity contribution >= 4 is 46.4 Å². The summed E-state index contributed by atoms with van der Waals surface area (Å²) in [5, 5.41) is 0.406. The third-order valence-electron chi connectivity index (χ3n) is 4.27. The molecule has 0 saturated carbocycles. The highest BCUT2D eigenvalue weighted by Gasteiger charge is 2.29. The van der Waals surface area contributed by atoms with Crippen LogP contribution in [0.1, 0.15) is 15.7 Å². The molecule has 138 valence electrons. The predicted octanol–water partition coefficient (Wildman–Crippen LogP) is 0.974. The number of nitrogens with zero attached hydrogens (tertiary/aromatic N) is 2. The van der Waals surface area contributed by atoms with Crippen LogP contribution in [0.5, 0.6) is 0 Å². The standard InChI is InChI=1S/C18H20ClN3O2S2/c19-15-5-4-14(26-15)17(23)16(22-7-2-1-3-8-22)18(25)20-6-9-21-10-12-24-13-11-21/h1-5,7-8,16H,6,9-13H2/p+1/t16-/m1/s1. The fraction of sp³-hybridized carbons (Fsp3) is 0.389. The van der Waals surface area contributed by atoms with Gasteiger partial charge in [-0.05, 0) is 17.2 Å². The molecule has 5 nitrogen and oxygen atoms in total. The Kier molecular flexibility index (Phi) is 7.10. The molecule has 1 saturated heterocycles. The van der Waals surface area contributed by atoms with E-state index >= 15 is 0 Å². The second-order valence-corrected chi connectivity index (χ2v) is 8.16. The van der Waals surface area contributed by atoms with Crippen molar-refractivity contribution in [2.24, 2.45) is 4.99 Å². The van der Waals surface area contributed by atoms with Crippen molar-refractivity contribution in [2.75, 3.05) is 39.4 Å². The number of rotatable bonds is 7. The maximum absolute atomic E-state index is 13.0. The Hall–Kier alpha value is -1.38. The van der Waals surface area contributed by atoms with E-state index in [0.29, 0.717) is 20.8 Å². The molecule has 8 heteroatoms. The Morgan fingerprint density at radius 1 is 1.31 bits per heavy atom. The van der Waals surface area contributed by atoms with E-state index in [1.54, 1.807) is 12.1 Å². The highest BCUT2D eigenvalue weighted by atomic mass is 35.5. The Bertz CT molecular complexity index is 761. The average Bonchev–Trinajstić information content (AvgIpc) is 3.10. The largest absolute Gasteiger partial charge is 0.758 e. The van der Waals surface area contributed by atoms with Gasteiger partial charge in [0, 0.05) is 12.1 Å². The summed E-state index contributed by atoms with van der Waals surface area (Å²) in [5.41, 5.74) is 0. The number of morpholine rings is 1. The van der Waals surface area contributed by atoms with Crippen LogP contribution in [0.15, 0.2) is 47.7 Å². The Morgan fingerprint density at radius 3 is 2.69 bits per heavy atom. The minimum absolute atomic E-state index is 0.0782. The van der Waals surface area contributed by atoms with Crippen LogP contribution in [0.2, 0.25) is 4.34 Å². The monoisotopic (exact) mass is 410 g/mol. The van der Waals surface area contributed by atoms with Gasteiger partial charge in [0.1, 0.15) is 13.1 Å². The van der Waals surface area contributed by atoms with Gasteiger partial charge in [0.2, 0.25) is 11.8 Å². The Labute approximate surface area is 167 Å². The molecule has 0 amide bonds. The van der Waals surface area contributed by atoms with E-state index in [0.717, 1.165) is 32.8 Å². The van der Waals surface area contributed by atoms with Gasteiger partial charge < -0.3 is 27.3 Å². The van der Waals surface area contributed by atoms with E-state index < -0.39 is 6.04 Å². The molecule has 0 unspecified atom stereocenters. The minimum Gasteiger partial charge on any atom is -0.758 e. The molecule has 0 aliphatic carbocycles. The van der Waals surface area contributed by atoms with Crippen LogP contribution in [0.25, 0.3) is 0 Å². The van der Waals surface area contributed by atoms with E-state index in [1.807, 2.05) is 35.2 Å². The van der Waals surface area contributed by atoms with E-state index in [4.69, 9.17) is 29.0 Å². The van der Waals surface area contributed by atoms with Crippen molar-refractivity contribution in [3.63, 3.8) is 0 Å². The van der Waals surface area contributed by atoms with Crippen molar-refractivity contribution in [2.45, 2.75) is 6.04 Å². The number of hydrogen-bond donors (Lipinski definition) is 1. The summed E-state index contributed by atoms with van der Waals surface area (Å²) in [7, 11) is 0. The zero-order chi connectivity index (χ0) is 18.4. The van der Waals surface area contributed by atoms with Gasteiger partial charge in [-0.3, -0.25) is 4.79 Å². The van der Waals surface area contributed by atoms with Crippen LogP contribution in [0.3, 0.4) is 0 Å². The van der Waals surface area contributed by atoms with Crippen LogP contribution in [0.4, 0.5) is 0 Å². The highest BCUT2D eigenvalue weighted by Crippen LogP contribution is 2.24. The number of Topliss-reactive ketones (excluding diaryl/α,β-unsaturated/α-hetero) is 1. The lowest BCUT2D eigenvalue weighted by Crippen LogP contribution is -3.14. The van der Waals surface area contributed by atoms with Crippen molar-refractivity contribution < 1.29 is 19.0 Å². The van der Waals surface area contributed by atoms with Crippen molar-refractivity contribution in [1.29, 1.82) is 0 Å². The number of halogens is 1. The number of nitrogens with one attached hydrogen (secondary N) is 1. The molecule has 0 radical (unpaired) electrons. The number of ether oxygens (including phenoxy) is 1. The quantitative estimate of drug-likeness (QED) is 0.243. The molecule has 0 bridgehead atoms. The molecule has 1 aliphatic rings. The van der Waals surface area contributed by atoms with Gasteiger partial charge in [-0.15, -0.1) is 11.3 Å². The van der Waals surface area contributed by atoms with E-state index in [2.05, 4.69) is 4.99 Å². The minimum atomic E-state index is -0.624. The normalized spacial score (nSPS) is 17.2. The Balaban J connectivity index is 1.76. The number of quaternary nitrogens is 1. The summed E-state index contributed by atoms with van der Waals surface area (Å²) >= 11 is 12.8. The number of carbonyl (C=O) groups is 1. The third-order valence-corrected chi connectivity index (χ3v) is 5.87. The number of ketones is 1. The second-order valence-electron chi connectivity index (χ2n) is 6.03. The molecular weight excluding hydrogens is 390 g/mol. The summed E-state index contributed by atoms with van der Waals surface area (Å²) < 4.78 is 7.77. The number of aliphatic imine (C=N–C) groups is 1. The zero-order valence-electron chi connectivity index (χ0n) is 14.3. The first-order valence-electron chi connectivity index (χ1n) is 8.53. The lowest BCUT2D eigenvalue weighted by Gasteiger charge is -2.23. The molecule has 1 N–H and O–H groups in total. The van der Waals surface area contributed by atoms with Crippen molar-refractivity contribution in [1.82, 2.24) is 0 Å². The van der Waals surface area contributed by atoms with Gasteiger partial charge in [-0.2, -0.15) is 4.57 Å². The first-order valence-corrected chi connectivity index (χ1v) is 10.1. The van der Waals surface area contributed by atoms with Gasteiger partial charge in [-0.25, -0.2) is 0 Å². The highest BCUT2D eigenvalue weighted by molar-refractivity contribution is 7.77. The predicted molar refractivity (Wildman–Crippen MR) is 105 cm³/mol. The number of pyridine rings is 1. The summed E-state index contributed by atoms with van der Waals surface area (Å²) in [6.07, 6.45) is 3.68. The van der Waals surface area contributed by atoms with Gasteiger partial charge in [0.15, 0.2) is 12.4 Å². The van der Waals surface area contributed by atoms with Crippen LogP contribution in [-0.2, 0) is 17.4 Å². The maximum Gasteiger partial charge on any atom is 0.244 e. The molecule has 3 heterocycles. The Morgan fingerprint density at radius 2 is 2.04 bits per heavy atom. The fourth-order valence-electron chi connectivity index (χ4n) is 2.86. The second kappa shape index (κ2) is 9.53. The number of aromatic nitrogens is 1. The molecule has 1 fully saturated rings. The molecule has 2 aromatic rings. The van der Waals surface area contributed by atoms with E-state index in [9.17, 15) is 4.79 Å². The number of carbonyl (C=O) groups excluding carboxylic acids is 1. The van der Waals surface area contributed by atoms with Gasteiger partial charge >= 0.3 is 0 Å². The van der Waals surface area contributed by atoms with Crippen LogP contribution < -0.4 is 9.47 Å². The summed E-state index contributed by atoms with van der Waals surface area (Å²) in [6, 6.07) is 8.51. The van der Waals surface area contributed by atoms with Crippen molar-refractivity contribution in [3.05, 3.63) is 51.9 Å². The van der Waals surface area contributed by atoms with Crippen LogP contribution in [0, 0.1) is 0 Å². The van der Waals surface area contributed by atoms with Crippen LogP contribution >= 0.6 is 22.9 Å². The van der Waals surface area contributed by atoms with Gasteiger partial charge in [-0.1, -0.05) is 17.7 Å². The number of hydrogen-bond acceptors (Lipinski definition) is 5. The summed E-state index contributed by atoms with van der Waals surface area (Å²) in [5.74, 6) is -0.0782. The summed E-state index contributed by atoms with van der Waals surface area (Å²) in [4.78, 5) is 19.6. The SMILES string of the molecule is O=C(c1ccc(Cl)s1)[C@H](C([S-])=NCC[NH+]1CCOCC1)[n+]1ccccc1. The molecule has 1 atom stereocenters. The molecular formula is C18H21ClN3O2S2+. The fourth-order valence-corrected chi connectivity index (χ4v) is 4.19. The third kappa shape index (κ3) is 5.08. The lowest BCUT2D eigenvalue weighted by atomic mass is 10.1. The average molecular weight is 411 g/mol.